The van der Waals surface area contributed by atoms with E-state index in [1.807, 2.05) is 10.3 Å². The van der Waals surface area contributed by atoms with Gasteiger partial charge in [-0.2, -0.15) is 13.2 Å². The van der Waals surface area contributed by atoms with Gasteiger partial charge in [-0.15, -0.1) is 0 Å². The van der Waals surface area contributed by atoms with Crippen LogP contribution in [0.15, 0.2) is 64.2 Å². The maximum Gasteiger partial charge on any atom is 0.425 e. The van der Waals surface area contributed by atoms with E-state index < -0.39 is 46.2 Å². The first-order chi connectivity index (χ1) is 16.0. The molecular formula is C22H16ClF3N4O4. The van der Waals surface area contributed by atoms with Gasteiger partial charge in [0.15, 0.2) is 0 Å². The van der Waals surface area contributed by atoms with Crippen LogP contribution in [0.3, 0.4) is 0 Å². The fraction of sp³-hybridized carbons (Fsp3) is 0.182. The van der Waals surface area contributed by atoms with Crippen molar-refractivity contribution in [3.8, 4) is 0 Å². The number of halogens is 4. The number of anilines is 1. The predicted octanol–water partition coefficient (Wildman–Crippen LogP) is 2.57. The lowest BCUT2D eigenvalue weighted by Crippen LogP contribution is -2.62. The molecule has 34 heavy (non-hydrogen) atoms. The Hall–Kier alpha value is -3.86. The number of alkyl halides is 3. The van der Waals surface area contributed by atoms with Crippen LogP contribution < -0.4 is 21.9 Å². The first kappa shape index (κ1) is 23.3. The first-order valence-electron chi connectivity index (χ1n) is 9.92. The van der Waals surface area contributed by atoms with E-state index in [1.165, 1.54) is 18.2 Å². The average molecular weight is 493 g/mol. The number of amides is 2. The van der Waals surface area contributed by atoms with Crippen LogP contribution in [-0.4, -0.2) is 27.5 Å². The highest BCUT2D eigenvalue weighted by molar-refractivity contribution is 6.31. The Morgan fingerprint density at radius 1 is 1.06 bits per heavy atom. The van der Waals surface area contributed by atoms with Gasteiger partial charge in [0.25, 0.3) is 22.9 Å². The molecule has 1 aromatic heterocycles. The lowest BCUT2D eigenvalue weighted by atomic mass is 9.91. The van der Waals surface area contributed by atoms with E-state index in [2.05, 4.69) is 0 Å². The lowest BCUT2D eigenvalue weighted by Gasteiger charge is -2.30. The van der Waals surface area contributed by atoms with Gasteiger partial charge in [-0.3, -0.25) is 23.9 Å². The van der Waals surface area contributed by atoms with Crippen molar-refractivity contribution in [1.82, 2.24) is 14.9 Å². The zero-order valence-corrected chi connectivity index (χ0v) is 18.0. The number of H-pyrrole nitrogens is 1. The number of nitrogens with zero attached hydrogens (tertiary/aromatic N) is 1. The van der Waals surface area contributed by atoms with E-state index in [0.717, 1.165) is 16.2 Å². The third kappa shape index (κ3) is 3.87. The topological polar surface area (TPSA) is 113 Å². The molecule has 176 valence electrons. The molecule has 2 heterocycles. The van der Waals surface area contributed by atoms with Crippen molar-refractivity contribution in [3.63, 3.8) is 0 Å². The molecular weight excluding hydrogens is 477 g/mol. The molecule has 0 radical (unpaired) electrons. The molecule has 0 saturated carbocycles. The molecule has 0 aliphatic carbocycles. The number of rotatable bonds is 5. The van der Waals surface area contributed by atoms with Gasteiger partial charge < -0.3 is 10.6 Å². The van der Waals surface area contributed by atoms with Crippen molar-refractivity contribution in [1.29, 1.82) is 0 Å². The molecule has 0 fully saturated rings. The number of aryl methyl sites for hydroxylation is 1. The van der Waals surface area contributed by atoms with Crippen LogP contribution >= 0.6 is 11.6 Å². The summed E-state index contributed by atoms with van der Waals surface area (Å²) < 4.78 is 44.1. The van der Waals surface area contributed by atoms with Gasteiger partial charge in [-0.05, 0) is 30.2 Å². The summed E-state index contributed by atoms with van der Waals surface area (Å²) in [7, 11) is 0. The minimum atomic E-state index is -5.43. The standard InChI is InChI=1S/C22H16ClF3N4O4/c23-14-8-4-7-13(11-14)17(31)29-21(22(24,25)26)15-16(27-19(21)33)30(20(34)28-18(15)32)10-9-12-5-2-1-3-6-12/h1-8,11H,9-10H2,(H,27,33)(H,29,31)(H,28,32,34). The molecule has 3 aromatic rings. The fourth-order valence-corrected chi connectivity index (χ4v) is 3.99. The van der Waals surface area contributed by atoms with Crippen molar-refractivity contribution in [2.45, 2.75) is 24.7 Å². The average Bonchev–Trinajstić information content (AvgIpc) is 3.07. The number of fused-ring (bicyclic) bond motifs is 1. The number of hydrogen-bond donors (Lipinski definition) is 3. The lowest BCUT2D eigenvalue weighted by molar-refractivity contribution is -0.196. The maximum atomic E-state index is 14.4. The van der Waals surface area contributed by atoms with Crippen molar-refractivity contribution in [2.24, 2.45) is 0 Å². The zero-order chi connectivity index (χ0) is 24.7. The molecule has 1 atom stereocenters. The molecule has 2 aromatic carbocycles. The number of nitrogens with one attached hydrogen (secondary N) is 3. The summed E-state index contributed by atoms with van der Waals surface area (Å²) in [5.41, 5.74) is -6.77. The number of carbonyl (C=O) groups excluding carboxylic acids is 2. The Kier molecular flexibility index (Phi) is 5.82. The molecule has 2 amide bonds. The van der Waals surface area contributed by atoms with E-state index >= 15 is 0 Å². The third-order valence-corrected chi connectivity index (χ3v) is 5.66. The van der Waals surface area contributed by atoms with Crippen molar-refractivity contribution >= 4 is 29.2 Å². The summed E-state index contributed by atoms with van der Waals surface area (Å²) in [5, 5.41) is 3.75. The molecule has 0 bridgehead atoms. The fourth-order valence-electron chi connectivity index (χ4n) is 3.80. The quantitative estimate of drug-likeness (QED) is 0.508. The third-order valence-electron chi connectivity index (χ3n) is 5.43. The largest absolute Gasteiger partial charge is 0.425 e. The van der Waals surface area contributed by atoms with Crippen LogP contribution in [0.2, 0.25) is 5.02 Å². The molecule has 1 unspecified atom stereocenters. The highest BCUT2D eigenvalue weighted by Crippen LogP contribution is 2.45. The summed E-state index contributed by atoms with van der Waals surface area (Å²) in [6, 6.07) is 13.8. The molecule has 3 N–H and O–H groups in total. The highest BCUT2D eigenvalue weighted by atomic mass is 35.5. The minimum Gasteiger partial charge on any atom is -0.326 e. The molecule has 12 heteroatoms. The number of carbonyl (C=O) groups is 2. The van der Waals surface area contributed by atoms with Crippen LogP contribution in [0.4, 0.5) is 19.0 Å². The normalized spacial score (nSPS) is 17.2. The van der Waals surface area contributed by atoms with Crippen LogP contribution in [0.25, 0.3) is 0 Å². The highest BCUT2D eigenvalue weighted by Gasteiger charge is 2.68. The van der Waals surface area contributed by atoms with Gasteiger partial charge >= 0.3 is 11.9 Å². The van der Waals surface area contributed by atoms with Crippen LogP contribution in [-0.2, 0) is 23.3 Å². The summed E-state index contributed by atoms with van der Waals surface area (Å²) in [5.74, 6) is -3.63. The number of benzene rings is 2. The first-order valence-corrected chi connectivity index (χ1v) is 10.3. The van der Waals surface area contributed by atoms with E-state index in [4.69, 9.17) is 11.6 Å². The van der Waals surface area contributed by atoms with E-state index in [1.54, 1.807) is 35.6 Å². The molecule has 0 saturated heterocycles. The summed E-state index contributed by atoms with van der Waals surface area (Å²) >= 11 is 5.81. The van der Waals surface area contributed by atoms with Gasteiger partial charge in [0.1, 0.15) is 11.4 Å². The molecule has 8 nitrogen and oxygen atoms in total. The molecule has 1 aliphatic heterocycles. The Balaban J connectivity index is 1.83. The number of aromatic nitrogens is 2. The summed E-state index contributed by atoms with van der Waals surface area (Å²) in [4.78, 5) is 52.4. The summed E-state index contributed by atoms with van der Waals surface area (Å²) in [6.45, 7) is -0.140. The van der Waals surface area contributed by atoms with E-state index in [9.17, 15) is 32.3 Å². The van der Waals surface area contributed by atoms with Gasteiger partial charge in [-0.25, -0.2) is 4.79 Å². The van der Waals surface area contributed by atoms with Crippen molar-refractivity contribution in [2.75, 3.05) is 5.32 Å². The second-order valence-electron chi connectivity index (χ2n) is 7.54. The maximum absolute atomic E-state index is 14.4. The van der Waals surface area contributed by atoms with Crippen molar-refractivity contribution < 1.29 is 22.8 Å². The van der Waals surface area contributed by atoms with Crippen LogP contribution in [0.5, 0.6) is 0 Å². The van der Waals surface area contributed by atoms with Gasteiger partial charge in [0.2, 0.25) is 0 Å². The monoisotopic (exact) mass is 492 g/mol. The van der Waals surface area contributed by atoms with Gasteiger partial charge in [-0.1, -0.05) is 48.0 Å². The molecule has 4 rings (SSSR count). The Bertz CT molecular complexity index is 1400. The van der Waals surface area contributed by atoms with Crippen LogP contribution in [0.1, 0.15) is 21.5 Å². The SMILES string of the molecule is O=C(NC1(C(F)(F)F)C(=O)Nc2c1c(=O)[nH]c(=O)n2CCc1ccccc1)c1cccc(Cl)c1. The Morgan fingerprint density at radius 2 is 1.76 bits per heavy atom. The number of hydrogen-bond acceptors (Lipinski definition) is 4. The van der Waals surface area contributed by atoms with E-state index in [-0.39, 0.29) is 23.6 Å². The minimum absolute atomic E-state index is 0.0811. The Labute approximate surface area is 194 Å². The number of aromatic amines is 1. The predicted molar refractivity (Wildman–Crippen MR) is 117 cm³/mol. The van der Waals surface area contributed by atoms with Gasteiger partial charge in [0.05, 0.1) is 0 Å². The zero-order valence-electron chi connectivity index (χ0n) is 17.2. The smallest absolute Gasteiger partial charge is 0.326 e. The van der Waals surface area contributed by atoms with Gasteiger partial charge in [0, 0.05) is 17.1 Å². The van der Waals surface area contributed by atoms with Crippen molar-refractivity contribution in [3.05, 3.63) is 97.1 Å². The second-order valence-corrected chi connectivity index (χ2v) is 7.97. The second kappa shape index (κ2) is 8.49. The molecule has 0 spiro atoms. The van der Waals surface area contributed by atoms with Crippen LogP contribution in [0, 0.1) is 0 Å². The summed E-state index contributed by atoms with van der Waals surface area (Å²) in [6.07, 6.45) is -5.20. The Morgan fingerprint density at radius 3 is 2.41 bits per heavy atom. The van der Waals surface area contributed by atoms with E-state index in [0.29, 0.717) is 0 Å². The molecule has 1 aliphatic rings.